The molecule has 1 saturated carbocycles. The molecule has 0 saturated heterocycles. The zero-order chi connectivity index (χ0) is 14.3. The second kappa shape index (κ2) is 5.09. The summed E-state index contributed by atoms with van der Waals surface area (Å²) in [6.45, 7) is 0. The Morgan fingerprint density at radius 3 is 2.65 bits per heavy atom. The van der Waals surface area contributed by atoms with Gasteiger partial charge in [-0.25, -0.2) is 4.39 Å². The number of aryl methyl sites for hydroxylation is 1. The number of aromatic nitrogens is 2. The Labute approximate surface area is 122 Å². The molecule has 1 heterocycles. The highest BCUT2D eigenvalue weighted by atomic mass is 35.5. The third-order valence-corrected chi connectivity index (χ3v) is 4.39. The number of hydrogen-bond acceptors (Lipinski definition) is 2. The van der Waals surface area contributed by atoms with Crippen molar-refractivity contribution in [2.24, 2.45) is 7.05 Å². The Kier molecular flexibility index (Phi) is 3.42. The molecule has 0 amide bonds. The normalized spacial score (nSPS) is 15.9. The van der Waals surface area contributed by atoms with Gasteiger partial charge in [0.2, 0.25) is 0 Å². The van der Waals surface area contributed by atoms with Gasteiger partial charge in [-0.05, 0) is 25.0 Å². The highest BCUT2D eigenvalue weighted by Crippen LogP contribution is 2.43. The summed E-state index contributed by atoms with van der Waals surface area (Å²) in [5.74, 6) is 0.472. The molecular formula is C15H17ClFN3. The molecule has 1 aliphatic carbocycles. The van der Waals surface area contributed by atoms with Crippen LogP contribution in [0.4, 0.5) is 10.2 Å². The quantitative estimate of drug-likeness (QED) is 0.905. The molecule has 0 atom stereocenters. The van der Waals surface area contributed by atoms with Crippen molar-refractivity contribution >= 4 is 17.4 Å². The first kappa shape index (κ1) is 13.4. The minimum atomic E-state index is -0.351. The predicted octanol–water partition coefficient (Wildman–Crippen LogP) is 4.12. The number of hydrogen-bond donors (Lipinski definition) is 1. The third kappa shape index (κ3) is 2.08. The fourth-order valence-corrected chi connectivity index (χ4v) is 3.29. The lowest BCUT2D eigenvalue weighted by atomic mass is 9.95. The maximum atomic E-state index is 14.2. The van der Waals surface area contributed by atoms with Crippen molar-refractivity contribution in [3.8, 4) is 11.1 Å². The van der Waals surface area contributed by atoms with Crippen LogP contribution in [0.3, 0.4) is 0 Å². The van der Waals surface area contributed by atoms with Crippen LogP contribution < -0.4 is 5.73 Å². The third-order valence-electron chi connectivity index (χ3n) is 4.07. The van der Waals surface area contributed by atoms with Gasteiger partial charge in [-0.1, -0.05) is 30.5 Å². The van der Waals surface area contributed by atoms with E-state index in [2.05, 4.69) is 5.10 Å². The fraction of sp³-hybridized carbons (Fsp3) is 0.400. The molecular weight excluding hydrogens is 277 g/mol. The van der Waals surface area contributed by atoms with Gasteiger partial charge in [-0.15, -0.1) is 0 Å². The molecule has 3 nitrogen and oxygen atoms in total. The van der Waals surface area contributed by atoms with Crippen molar-refractivity contribution in [2.75, 3.05) is 5.73 Å². The van der Waals surface area contributed by atoms with Crippen LogP contribution >= 0.6 is 11.6 Å². The molecule has 0 bridgehead atoms. The number of halogens is 2. The summed E-state index contributed by atoms with van der Waals surface area (Å²) in [7, 11) is 1.78. The van der Waals surface area contributed by atoms with Gasteiger partial charge in [0.05, 0.1) is 16.3 Å². The van der Waals surface area contributed by atoms with Gasteiger partial charge in [0.15, 0.2) is 0 Å². The van der Waals surface area contributed by atoms with Crippen LogP contribution in [0.15, 0.2) is 18.2 Å². The minimum Gasteiger partial charge on any atom is -0.383 e. The Bertz CT molecular complexity index is 625. The van der Waals surface area contributed by atoms with Gasteiger partial charge in [-0.3, -0.25) is 4.68 Å². The second-order valence-electron chi connectivity index (χ2n) is 5.35. The van der Waals surface area contributed by atoms with E-state index in [0.717, 1.165) is 18.5 Å². The molecule has 2 aromatic rings. The number of anilines is 1. The summed E-state index contributed by atoms with van der Waals surface area (Å²) >= 11 is 6.19. The first-order chi connectivity index (χ1) is 9.59. The van der Waals surface area contributed by atoms with Crippen molar-refractivity contribution in [3.63, 3.8) is 0 Å². The zero-order valence-electron chi connectivity index (χ0n) is 11.4. The minimum absolute atomic E-state index is 0.351. The molecule has 3 rings (SSSR count). The van der Waals surface area contributed by atoms with Crippen LogP contribution in [-0.2, 0) is 7.05 Å². The van der Waals surface area contributed by atoms with Gasteiger partial charge in [0.25, 0.3) is 0 Å². The monoisotopic (exact) mass is 293 g/mol. The van der Waals surface area contributed by atoms with E-state index in [1.807, 2.05) is 0 Å². The van der Waals surface area contributed by atoms with Crippen LogP contribution in [0, 0.1) is 5.82 Å². The van der Waals surface area contributed by atoms with E-state index in [0.29, 0.717) is 27.9 Å². The maximum Gasteiger partial charge on any atom is 0.132 e. The Morgan fingerprint density at radius 1 is 1.30 bits per heavy atom. The lowest BCUT2D eigenvalue weighted by molar-refractivity contribution is 0.629. The average molecular weight is 294 g/mol. The molecule has 2 N–H and O–H groups in total. The molecule has 1 aromatic carbocycles. The number of benzene rings is 1. The molecule has 0 radical (unpaired) electrons. The van der Waals surface area contributed by atoms with Crippen LogP contribution in [0.25, 0.3) is 11.1 Å². The summed E-state index contributed by atoms with van der Waals surface area (Å²) in [5, 5.41) is 4.90. The summed E-state index contributed by atoms with van der Waals surface area (Å²) in [6, 6.07) is 4.69. The molecule has 106 valence electrons. The van der Waals surface area contributed by atoms with Crippen molar-refractivity contribution in [1.82, 2.24) is 9.78 Å². The summed E-state index contributed by atoms with van der Waals surface area (Å²) in [4.78, 5) is 0. The van der Waals surface area contributed by atoms with Crippen molar-refractivity contribution in [1.29, 1.82) is 0 Å². The summed E-state index contributed by atoms with van der Waals surface area (Å²) < 4.78 is 15.8. The van der Waals surface area contributed by atoms with Crippen molar-refractivity contribution < 1.29 is 4.39 Å². The van der Waals surface area contributed by atoms with Gasteiger partial charge in [0.1, 0.15) is 11.6 Å². The van der Waals surface area contributed by atoms with Gasteiger partial charge in [-0.2, -0.15) is 5.10 Å². The summed E-state index contributed by atoms with van der Waals surface area (Å²) in [6.07, 6.45) is 4.53. The number of nitrogens with zero attached hydrogens (tertiary/aromatic N) is 2. The van der Waals surface area contributed by atoms with Crippen LogP contribution in [0.5, 0.6) is 0 Å². The molecule has 0 unspecified atom stereocenters. The molecule has 0 aliphatic heterocycles. The zero-order valence-corrected chi connectivity index (χ0v) is 12.1. The van der Waals surface area contributed by atoms with Crippen LogP contribution in [0.1, 0.15) is 37.3 Å². The first-order valence-electron chi connectivity index (χ1n) is 6.86. The Hall–Kier alpha value is -1.55. The van der Waals surface area contributed by atoms with E-state index in [1.165, 1.54) is 18.9 Å². The maximum absolute atomic E-state index is 14.2. The lowest BCUT2D eigenvalue weighted by Crippen LogP contribution is -1.98. The topological polar surface area (TPSA) is 43.8 Å². The largest absolute Gasteiger partial charge is 0.383 e. The van der Waals surface area contributed by atoms with Gasteiger partial charge in [0, 0.05) is 18.5 Å². The second-order valence-corrected chi connectivity index (χ2v) is 5.75. The molecule has 5 heteroatoms. The van der Waals surface area contributed by atoms with E-state index >= 15 is 0 Å². The number of nitrogens with two attached hydrogens (primary N) is 1. The molecule has 1 aliphatic rings. The Balaban J connectivity index is 2.22. The van der Waals surface area contributed by atoms with Crippen molar-refractivity contribution in [3.05, 3.63) is 34.7 Å². The highest BCUT2D eigenvalue weighted by molar-refractivity contribution is 6.33. The summed E-state index contributed by atoms with van der Waals surface area (Å²) in [5.41, 5.74) is 8.05. The first-order valence-corrected chi connectivity index (χ1v) is 7.24. The number of nitrogen functional groups attached to an aromatic ring is 1. The van der Waals surface area contributed by atoms with Gasteiger partial charge >= 0.3 is 0 Å². The van der Waals surface area contributed by atoms with Crippen LogP contribution in [0.2, 0.25) is 5.02 Å². The standard InChI is InChI=1S/C15H17ClFN3/c1-20-15(18)13(12-10(16)7-4-8-11(12)17)14(19-20)9-5-2-3-6-9/h4,7-9H,2-3,5-6,18H2,1H3. The van der Waals surface area contributed by atoms with E-state index in [9.17, 15) is 4.39 Å². The predicted molar refractivity (Wildman–Crippen MR) is 79.2 cm³/mol. The average Bonchev–Trinajstić information content (AvgIpc) is 3.01. The van der Waals surface area contributed by atoms with Gasteiger partial charge < -0.3 is 5.73 Å². The number of rotatable bonds is 2. The lowest BCUT2D eigenvalue weighted by Gasteiger charge is -2.11. The molecule has 1 aromatic heterocycles. The SMILES string of the molecule is Cn1nc(C2CCCC2)c(-c2c(F)cccc2Cl)c1N. The Morgan fingerprint density at radius 2 is 2.00 bits per heavy atom. The molecule has 0 spiro atoms. The molecule has 20 heavy (non-hydrogen) atoms. The van der Waals surface area contributed by atoms with E-state index < -0.39 is 0 Å². The smallest absolute Gasteiger partial charge is 0.132 e. The van der Waals surface area contributed by atoms with Crippen molar-refractivity contribution in [2.45, 2.75) is 31.6 Å². The molecule has 1 fully saturated rings. The van der Waals surface area contributed by atoms with E-state index in [-0.39, 0.29) is 5.82 Å². The highest BCUT2D eigenvalue weighted by Gasteiger charge is 2.28. The van der Waals surface area contributed by atoms with Crippen LogP contribution in [-0.4, -0.2) is 9.78 Å². The fourth-order valence-electron chi connectivity index (χ4n) is 3.04. The van der Waals surface area contributed by atoms with E-state index in [4.69, 9.17) is 17.3 Å². The van der Waals surface area contributed by atoms with E-state index in [1.54, 1.807) is 23.9 Å².